The molecule has 1 atom stereocenters. The second-order valence-electron chi connectivity index (χ2n) is 6.04. The first-order chi connectivity index (χ1) is 11.1. The zero-order valence-electron chi connectivity index (χ0n) is 12.8. The average molecular weight is 333 g/mol. The Morgan fingerprint density at radius 3 is 3.22 bits per heavy atom. The number of aryl methyl sites for hydroxylation is 1. The van der Waals surface area contributed by atoms with Gasteiger partial charge in [-0.2, -0.15) is 0 Å². The minimum atomic E-state index is -0.491. The molecule has 0 unspecified atom stereocenters. The second kappa shape index (κ2) is 5.53. The van der Waals surface area contributed by atoms with Gasteiger partial charge in [0.05, 0.1) is 6.54 Å². The van der Waals surface area contributed by atoms with Gasteiger partial charge in [0.25, 0.3) is 5.91 Å². The van der Waals surface area contributed by atoms with E-state index >= 15 is 0 Å². The summed E-state index contributed by atoms with van der Waals surface area (Å²) in [6.45, 7) is 1.38. The molecule has 1 aromatic heterocycles. The van der Waals surface area contributed by atoms with Crippen molar-refractivity contribution in [1.82, 2.24) is 19.7 Å². The van der Waals surface area contributed by atoms with Crippen LogP contribution in [0, 0.1) is 0 Å². The van der Waals surface area contributed by atoms with Crippen molar-refractivity contribution in [3.05, 3.63) is 40.4 Å². The molecular weight excluding hydrogens is 316 g/mol. The van der Waals surface area contributed by atoms with Gasteiger partial charge in [-0.25, -0.2) is 0 Å². The smallest absolute Gasteiger partial charge is 0.264 e. The van der Waals surface area contributed by atoms with E-state index in [1.807, 2.05) is 12.1 Å². The number of amides is 1. The van der Waals surface area contributed by atoms with E-state index in [2.05, 4.69) is 14.8 Å². The molecular formula is C16H17ClN4O2. The summed E-state index contributed by atoms with van der Waals surface area (Å²) >= 11 is 5.99. The molecule has 6 nitrogen and oxygen atoms in total. The highest BCUT2D eigenvalue weighted by Crippen LogP contribution is 2.31. The lowest BCUT2D eigenvalue weighted by Crippen LogP contribution is -2.39. The number of hydrogen-bond acceptors (Lipinski definition) is 4. The van der Waals surface area contributed by atoms with Gasteiger partial charge in [-0.15, -0.1) is 10.2 Å². The highest BCUT2D eigenvalue weighted by molar-refractivity contribution is 6.30. The fourth-order valence-electron chi connectivity index (χ4n) is 3.22. The van der Waals surface area contributed by atoms with E-state index in [1.54, 1.807) is 18.0 Å². The van der Waals surface area contributed by atoms with Gasteiger partial charge < -0.3 is 14.2 Å². The first kappa shape index (κ1) is 14.5. The molecule has 0 saturated heterocycles. The third-order valence-electron chi connectivity index (χ3n) is 4.41. The summed E-state index contributed by atoms with van der Waals surface area (Å²) in [6.07, 6.45) is 2.12. The van der Waals surface area contributed by atoms with Gasteiger partial charge in [0.1, 0.15) is 11.6 Å². The lowest BCUT2D eigenvalue weighted by Gasteiger charge is -2.20. The van der Waals surface area contributed by atoms with Gasteiger partial charge >= 0.3 is 0 Å². The Balaban J connectivity index is 1.45. The summed E-state index contributed by atoms with van der Waals surface area (Å²) in [5, 5.41) is 9.04. The minimum Gasteiger partial charge on any atom is -0.480 e. The van der Waals surface area contributed by atoms with E-state index in [0.717, 1.165) is 42.3 Å². The maximum atomic E-state index is 12.6. The number of likely N-dealkylation sites (N-methyl/N-ethyl adjacent to an activating group) is 1. The Morgan fingerprint density at radius 2 is 2.35 bits per heavy atom. The first-order valence-corrected chi connectivity index (χ1v) is 8.10. The number of benzene rings is 1. The standard InChI is InChI=1S/C16H17ClN4O2/c1-20(9-15-19-18-14-3-2-6-21(14)15)16(22)13-8-10-7-11(17)4-5-12(10)23-13/h4-5,7,13H,2-3,6,8-9H2,1H3/t13-/m1/s1. The van der Waals surface area contributed by atoms with Crippen LogP contribution in [-0.2, 0) is 30.7 Å². The predicted octanol–water partition coefficient (Wildman–Crippen LogP) is 1.84. The fraction of sp³-hybridized carbons (Fsp3) is 0.438. The van der Waals surface area contributed by atoms with Crippen molar-refractivity contribution in [3.8, 4) is 5.75 Å². The van der Waals surface area contributed by atoms with Crippen molar-refractivity contribution < 1.29 is 9.53 Å². The van der Waals surface area contributed by atoms with Gasteiger partial charge in [0, 0.05) is 31.5 Å². The maximum absolute atomic E-state index is 12.6. The number of nitrogens with zero attached hydrogens (tertiary/aromatic N) is 4. The zero-order chi connectivity index (χ0) is 16.0. The molecule has 0 spiro atoms. The molecule has 0 bridgehead atoms. The number of hydrogen-bond donors (Lipinski definition) is 0. The number of ether oxygens (including phenoxy) is 1. The lowest BCUT2D eigenvalue weighted by molar-refractivity contribution is -0.137. The van der Waals surface area contributed by atoms with Gasteiger partial charge in [0.2, 0.25) is 0 Å². The molecule has 3 heterocycles. The number of halogens is 1. The summed E-state index contributed by atoms with van der Waals surface area (Å²) in [6, 6.07) is 5.45. The molecule has 7 heteroatoms. The van der Waals surface area contributed by atoms with Gasteiger partial charge in [-0.1, -0.05) is 11.6 Å². The quantitative estimate of drug-likeness (QED) is 0.860. The minimum absolute atomic E-state index is 0.0485. The maximum Gasteiger partial charge on any atom is 0.264 e. The predicted molar refractivity (Wildman–Crippen MR) is 84.4 cm³/mol. The summed E-state index contributed by atoms with van der Waals surface area (Å²) in [7, 11) is 1.78. The average Bonchev–Trinajstić information content (AvgIpc) is 3.22. The number of aromatic nitrogens is 3. The van der Waals surface area contributed by atoms with Crippen LogP contribution in [0.4, 0.5) is 0 Å². The molecule has 0 radical (unpaired) electrons. The number of carbonyl (C=O) groups is 1. The fourth-order valence-corrected chi connectivity index (χ4v) is 3.41. The van der Waals surface area contributed by atoms with Crippen molar-refractivity contribution in [3.63, 3.8) is 0 Å². The molecule has 4 rings (SSSR count). The Morgan fingerprint density at radius 1 is 1.48 bits per heavy atom. The SMILES string of the molecule is CN(Cc1nnc2n1CCC2)C(=O)[C@H]1Cc2cc(Cl)ccc2O1. The summed E-state index contributed by atoms with van der Waals surface area (Å²) in [4.78, 5) is 14.3. The molecule has 0 N–H and O–H groups in total. The Labute approximate surface area is 139 Å². The highest BCUT2D eigenvalue weighted by atomic mass is 35.5. The van der Waals surface area contributed by atoms with Crippen molar-refractivity contribution in [2.45, 2.75) is 38.5 Å². The van der Waals surface area contributed by atoms with Crippen molar-refractivity contribution in [2.24, 2.45) is 0 Å². The van der Waals surface area contributed by atoms with Crippen molar-refractivity contribution in [1.29, 1.82) is 0 Å². The van der Waals surface area contributed by atoms with Gasteiger partial charge in [0.15, 0.2) is 11.9 Å². The van der Waals surface area contributed by atoms with Gasteiger partial charge in [-0.3, -0.25) is 4.79 Å². The summed E-state index contributed by atoms with van der Waals surface area (Å²) in [5.74, 6) is 2.55. The third-order valence-corrected chi connectivity index (χ3v) is 4.65. The van der Waals surface area contributed by atoms with Crippen LogP contribution >= 0.6 is 11.6 Å². The molecule has 1 amide bonds. The number of fused-ring (bicyclic) bond motifs is 2. The molecule has 2 aliphatic rings. The van der Waals surface area contributed by atoms with Crippen LogP contribution in [0.15, 0.2) is 18.2 Å². The van der Waals surface area contributed by atoms with E-state index in [-0.39, 0.29) is 5.91 Å². The molecule has 0 aliphatic carbocycles. The van der Waals surface area contributed by atoms with Crippen molar-refractivity contribution >= 4 is 17.5 Å². The van der Waals surface area contributed by atoms with E-state index < -0.39 is 6.10 Å². The van der Waals surface area contributed by atoms with Crippen LogP contribution in [0.1, 0.15) is 23.6 Å². The monoisotopic (exact) mass is 332 g/mol. The van der Waals surface area contributed by atoms with E-state index in [1.165, 1.54) is 0 Å². The third kappa shape index (κ3) is 2.57. The Hall–Kier alpha value is -2.08. The highest BCUT2D eigenvalue weighted by Gasteiger charge is 2.32. The normalized spacial score (nSPS) is 18.4. The van der Waals surface area contributed by atoms with Crippen LogP contribution in [-0.4, -0.2) is 38.7 Å². The van der Waals surface area contributed by atoms with Crippen LogP contribution in [0.5, 0.6) is 5.75 Å². The van der Waals surface area contributed by atoms with Crippen LogP contribution in [0.25, 0.3) is 0 Å². The number of carbonyl (C=O) groups excluding carboxylic acids is 1. The second-order valence-corrected chi connectivity index (χ2v) is 6.48. The van der Waals surface area contributed by atoms with Crippen LogP contribution < -0.4 is 4.74 Å². The topological polar surface area (TPSA) is 60.2 Å². The Bertz CT molecular complexity index is 773. The molecule has 0 saturated carbocycles. The molecule has 0 fully saturated rings. The summed E-state index contributed by atoms with van der Waals surface area (Å²) < 4.78 is 7.87. The van der Waals surface area contributed by atoms with Crippen LogP contribution in [0.2, 0.25) is 5.02 Å². The first-order valence-electron chi connectivity index (χ1n) is 7.73. The lowest BCUT2D eigenvalue weighted by atomic mass is 10.1. The van der Waals surface area contributed by atoms with E-state index in [4.69, 9.17) is 16.3 Å². The van der Waals surface area contributed by atoms with Crippen LogP contribution in [0.3, 0.4) is 0 Å². The Kier molecular flexibility index (Phi) is 3.49. The molecule has 2 aromatic rings. The van der Waals surface area contributed by atoms with Gasteiger partial charge in [-0.05, 0) is 30.2 Å². The molecule has 2 aliphatic heterocycles. The van der Waals surface area contributed by atoms with Crippen molar-refractivity contribution in [2.75, 3.05) is 7.05 Å². The zero-order valence-corrected chi connectivity index (χ0v) is 13.6. The largest absolute Gasteiger partial charge is 0.480 e. The molecule has 120 valence electrons. The molecule has 23 heavy (non-hydrogen) atoms. The van der Waals surface area contributed by atoms with E-state index in [9.17, 15) is 4.79 Å². The summed E-state index contributed by atoms with van der Waals surface area (Å²) in [5.41, 5.74) is 0.979. The molecule has 1 aromatic carbocycles. The number of rotatable bonds is 3. The van der Waals surface area contributed by atoms with E-state index in [0.29, 0.717) is 18.0 Å².